The van der Waals surface area contributed by atoms with Crippen molar-refractivity contribution >= 4 is 18.1 Å². The van der Waals surface area contributed by atoms with Crippen molar-refractivity contribution in [2.45, 2.75) is 34.6 Å². The molecule has 0 atom stereocenters. The summed E-state index contributed by atoms with van der Waals surface area (Å²) in [5, 5.41) is 13.0. The predicted octanol–water partition coefficient (Wildman–Crippen LogP) is 6.20. The number of allylic oxidation sites excluding steroid dienone is 8. The molecule has 1 aliphatic heterocycles. The third-order valence-electron chi connectivity index (χ3n) is 5.17. The molecule has 0 saturated carbocycles. The van der Waals surface area contributed by atoms with Crippen molar-refractivity contribution in [1.82, 2.24) is 9.47 Å². The van der Waals surface area contributed by atoms with Gasteiger partial charge >= 0.3 is 0 Å². The van der Waals surface area contributed by atoms with Gasteiger partial charge in [0.05, 0.1) is 13.2 Å². The number of nitriles is 1. The van der Waals surface area contributed by atoms with Gasteiger partial charge in [0.25, 0.3) is 0 Å². The fourth-order valence-electron chi connectivity index (χ4n) is 3.42. The van der Waals surface area contributed by atoms with Crippen molar-refractivity contribution in [1.29, 1.82) is 5.26 Å². The van der Waals surface area contributed by atoms with E-state index in [9.17, 15) is 9.65 Å². The lowest BCUT2D eigenvalue weighted by atomic mass is 10.0. The van der Waals surface area contributed by atoms with Gasteiger partial charge in [-0.25, -0.2) is 4.39 Å². The van der Waals surface area contributed by atoms with E-state index < -0.39 is 0 Å². The molecule has 192 valence electrons. The second-order valence-corrected chi connectivity index (χ2v) is 7.27. The topological polar surface area (TPSA) is 65.6 Å². The third kappa shape index (κ3) is 10.7. The first-order chi connectivity index (χ1) is 16.9. The van der Waals surface area contributed by atoms with Crippen LogP contribution in [0.3, 0.4) is 0 Å². The molecule has 0 bridgehead atoms. The Kier molecular flexibility index (Phi) is 17.4. The maximum atomic E-state index is 12.0. The summed E-state index contributed by atoms with van der Waals surface area (Å²) in [6, 6.07) is 2.31. The summed E-state index contributed by atoms with van der Waals surface area (Å²) < 4.78 is 19.3. The van der Waals surface area contributed by atoms with E-state index in [2.05, 4.69) is 34.6 Å². The fraction of sp³-hybridized carbons (Fsp3) is 0.429. The Bertz CT molecular complexity index is 942. The van der Waals surface area contributed by atoms with E-state index in [0.717, 1.165) is 61.9 Å². The molecule has 1 aliphatic rings. The average Bonchev–Trinajstić information content (AvgIpc) is 3.13. The molecule has 2 heterocycles. The monoisotopic (exact) mass is 483 g/mol. The van der Waals surface area contributed by atoms with Crippen LogP contribution in [0.5, 0.6) is 0 Å². The number of aromatic nitrogens is 1. The highest BCUT2D eigenvalue weighted by molar-refractivity contribution is 5.84. The number of rotatable bonds is 9. The van der Waals surface area contributed by atoms with Gasteiger partial charge in [0.2, 0.25) is 0 Å². The summed E-state index contributed by atoms with van der Waals surface area (Å²) in [5.41, 5.74) is 3.71. The molecule has 6 nitrogen and oxygen atoms in total. The SMILES string of the molecule is C=C/C(F)=C\C=C/C.C=N/C=C\C(=C/C)c1c(C)c(C#N)n(C)c1NCCN1CCOCC1.CC. The maximum absolute atomic E-state index is 12.0. The molecule has 1 N–H and O–H groups in total. The lowest BCUT2D eigenvalue weighted by Crippen LogP contribution is -2.39. The van der Waals surface area contributed by atoms with Crippen molar-refractivity contribution in [3.63, 3.8) is 0 Å². The molecule has 1 aromatic heterocycles. The Hall–Kier alpha value is -3.21. The van der Waals surface area contributed by atoms with Gasteiger partial charge in [0.15, 0.2) is 0 Å². The molecule has 0 aromatic carbocycles. The minimum absolute atomic E-state index is 0.303. The largest absolute Gasteiger partial charge is 0.379 e. The molecule has 1 aromatic rings. The quantitative estimate of drug-likeness (QED) is 0.336. The summed E-state index contributed by atoms with van der Waals surface area (Å²) >= 11 is 0. The van der Waals surface area contributed by atoms with E-state index in [1.54, 1.807) is 18.4 Å². The van der Waals surface area contributed by atoms with Crippen LogP contribution < -0.4 is 5.32 Å². The predicted molar refractivity (Wildman–Crippen MR) is 149 cm³/mol. The minimum atomic E-state index is -0.303. The van der Waals surface area contributed by atoms with Gasteiger partial charge in [-0.15, -0.1) is 0 Å². The normalized spacial score (nSPS) is 14.6. The van der Waals surface area contributed by atoms with Crippen LogP contribution in [0, 0.1) is 18.3 Å². The minimum Gasteiger partial charge on any atom is -0.379 e. The van der Waals surface area contributed by atoms with Gasteiger partial charge in [-0.3, -0.25) is 9.89 Å². The molecule has 7 heteroatoms. The van der Waals surface area contributed by atoms with Crippen LogP contribution in [0.15, 0.2) is 60.1 Å². The molecular formula is C28H42FN5O. The number of nitrogens with one attached hydrogen (secondary N) is 1. The Labute approximate surface area is 211 Å². The fourth-order valence-corrected chi connectivity index (χ4v) is 3.42. The zero-order valence-corrected chi connectivity index (χ0v) is 22.3. The van der Waals surface area contributed by atoms with E-state index in [4.69, 9.17) is 4.74 Å². The van der Waals surface area contributed by atoms with E-state index in [0.29, 0.717) is 5.69 Å². The van der Waals surface area contributed by atoms with E-state index >= 15 is 0 Å². The zero-order valence-electron chi connectivity index (χ0n) is 22.3. The summed E-state index contributed by atoms with van der Waals surface area (Å²) in [6.07, 6.45) is 11.5. The zero-order chi connectivity index (χ0) is 26.6. The molecular weight excluding hydrogens is 441 g/mol. The second-order valence-electron chi connectivity index (χ2n) is 7.27. The van der Waals surface area contributed by atoms with Gasteiger partial charge in [-0.1, -0.05) is 38.7 Å². The van der Waals surface area contributed by atoms with Crippen LogP contribution in [0.25, 0.3) is 5.57 Å². The molecule has 0 radical (unpaired) electrons. The molecule has 0 amide bonds. The average molecular weight is 484 g/mol. The Morgan fingerprint density at radius 1 is 1.29 bits per heavy atom. The van der Waals surface area contributed by atoms with Crippen LogP contribution in [-0.4, -0.2) is 55.6 Å². The van der Waals surface area contributed by atoms with Crippen LogP contribution >= 0.6 is 0 Å². The molecule has 35 heavy (non-hydrogen) atoms. The summed E-state index contributed by atoms with van der Waals surface area (Å²) in [4.78, 5) is 6.18. The Balaban J connectivity index is 0.000000982. The summed E-state index contributed by atoms with van der Waals surface area (Å²) in [5.74, 6) is 0.659. The smallest absolute Gasteiger partial charge is 0.125 e. The van der Waals surface area contributed by atoms with Gasteiger partial charge in [0, 0.05) is 45.0 Å². The van der Waals surface area contributed by atoms with E-state index in [-0.39, 0.29) is 5.83 Å². The van der Waals surface area contributed by atoms with Crippen molar-refractivity contribution in [2.75, 3.05) is 44.7 Å². The van der Waals surface area contributed by atoms with Crippen LogP contribution in [0.4, 0.5) is 10.2 Å². The van der Waals surface area contributed by atoms with Gasteiger partial charge < -0.3 is 14.6 Å². The highest BCUT2D eigenvalue weighted by Crippen LogP contribution is 2.32. The first-order valence-electron chi connectivity index (χ1n) is 12.0. The molecule has 2 rings (SSSR count). The number of anilines is 1. The number of morpholine rings is 1. The van der Waals surface area contributed by atoms with Gasteiger partial charge in [-0.2, -0.15) is 5.26 Å². The van der Waals surface area contributed by atoms with Gasteiger partial charge in [-0.05, 0) is 56.9 Å². The lowest BCUT2D eigenvalue weighted by Gasteiger charge is -2.26. The van der Waals surface area contributed by atoms with Crippen molar-refractivity contribution in [3.05, 3.63) is 71.9 Å². The molecule has 1 fully saturated rings. The van der Waals surface area contributed by atoms with Crippen LogP contribution in [-0.2, 0) is 11.8 Å². The maximum Gasteiger partial charge on any atom is 0.125 e. The summed E-state index contributed by atoms with van der Waals surface area (Å²) in [6.45, 7) is 21.8. The standard InChI is InChI=1S/C19H27N5O.C7H9F.C2H6/c1-5-16(6-7-21-3)18-15(2)17(14-20)23(4)19(18)22-8-9-24-10-12-25-13-11-24;1-3-5-6-7(8)4-2;1-2/h5-7,22H,3,8-13H2,1-2,4H3;3-6H,2H2,1H3;1-2H3/b7-6-,16-5+;5-3-,7-6+;. The van der Waals surface area contributed by atoms with E-state index in [1.165, 1.54) is 12.2 Å². The Morgan fingerprint density at radius 3 is 2.46 bits per heavy atom. The van der Waals surface area contributed by atoms with E-state index in [1.807, 2.05) is 58.4 Å². The summed E-state index contributed by atoms with van der Waals surface area (Å²) in [7, 11) is 1.93. The number of ether oxygens (including phenoxy) is 1. The highest BCUT2D eigenvalue weighted by atomic mass is 19.1. The first-order valence-corrected chi connectivity index (χ1v) is 12.0. The second kappa shape index (κ2) is 19.1. The third-order valence-corrected chi connectivity index (χ3v) is 5.17. The van der Waals surface area contributed by atoms with Gasteiger partial charge in [0.1, 0.15) is 23.4 Å². The van der Waals surface area contributed by atoms with Crippen LogP contribution in [0.1, 0.15) is 44.5 Å². The first kappa shape index (κ1) is 31.8. The number of aliphatic imine (C=N–C) groups is 1. The van der Waals surface area contributed by atoms with Crippen molar-refractivity contribution in [2.24, 2.45) is 12.0 Å². The number of halogens is 1. The van der Waals surface area contributed by atoms with Crippen molar-refractivity contribution < 1.29 is 9.13 Å². The molecule has 0 aliphatic carbocycles. The molecule has 1 saturated heterocycles. The molecule has 0 unspecified atom stereocenters. The number of hydrogen-bond acceptors (Lipinski definition) is 5. The Morgan fingerprint density at radius 2 is 1.94 bits per heavy atom. The highest BCUT2D eigenvalue weighted by Gasteiger charge is 2.20. The van der Waals surface area contributed by atoms with Crippen molar-refractivity contribution in [3.8, 4) is 6.07 Å². The van der Waals surface area contributed by atoms with Crippen LogP contribution in [0.2, 0.25) is 0 Å². The number of hydrogen-bond donors (Lipinski definition) is 1. The number of nitrogens with zero attached hydrogens (tertiary/aromatic N) is 4. The molecule has 0 spiro atoms. The lowest BCUT2D eigenvalue weighted by molar-refractivity contribution is 0.0398.